The lowest BCUT2D eigenvalue weighted by Gasteiger charge is -2.12. The molecular weight excluding hydrogens is 250 g/mol. The maximum atomic E-state index is 11.9. The van der Waals surface area contributed by atoms with Gasteiger partial charge in [-0.15, -0.1) is 0 Å². The fraction of sp³-hybridized carbons (Fsp3) is 0.385. The van der Waals surface area contributed by atoms with Crippen molar-refractivity contribution in [3.8, 4) is 6.07 Å². The van der Waals surface area contributed by atoms with Crippen molar-refractivity contribution in [2.45, 2.75) is 19.8 Å². The number of rotatable bonds is 5. The van der Waals surface area contributed by atoms with Crippen LogP contribution in [0.5, 0.6) is 0 Å². The van der Waals surface area contributed by atoms with Crippen LogP contribution in [0.1, 0.15) is 25.3 Å². The molecule has 0 fully saturated rings. The molecule has 5 heteroatoms. The summed E-state index contributed by atoms with van der Waals surface area (Å²) in [7, 11) is 0. The van der Waals surface area contributed by atoms with E-state index in [1.165, 1.54) is 0 Å². The standard InChI is InChI=1S/C13H16ClN3O/c1-9(3-2-6-15)13(18)17-12-7-11(14)5-4-10(12)8-16/h4-5,7,9H,2-3,6,15H2,1H3,(H,17,18). The van der Waals surface area contributed by atoms with E-state index in [-0.39, 0.29) is 11.8 Å². The highest BCUT2D eigenvalue weighted by atomic mass is 35.5. The number of carbonyl (C=O) groups is 1. The van der Waals surface area contributed by atoms with E-state index in [2.05, 4.69) is 5.32 Å². The Morgan fingerprint density at radius 2 is 2.33 bits per heavy atom. The molecule has 0 saturated carbocycles. The minimum atomic E-state index is -0.140. The van der Waals surface area contributed by atoms with Gasteiger partial charge in [0.2, 0.25) is 5.91 Å². The molecule has 0 aromatic heterocycles. The van der Waals surface area contributed by atoms with Gasteiger partial charge in [0, 0.05) is 10.9 Å². The minimum absolute atomic E-state index is 0.123. The number of anilines is 1. The first kappa shape index (κ1) is 14.5. The van der Waals surface area contributed by atoms with E-state index in [4.69, 9.17) is 22.6 Å². The number of amides is 1. The SMILES string of the molecule is CC(CCCN)C(=O)Nc1cc(Cl)ccc1C#N. The molecule has 1 atom stereocenters. The lowest BCUT2D eigenvalue weighted by atomic mass is 10.0. The molecule has 1 aromatic carbocycles. The minimum Gasteiger partial charge on any atom is -0.330 e. The Morgan fingerprint density at radius 3 is 2.94 bits per heavy atom. The second kappa shape index (κ2) is 7.00. The van der Waals surface area contributed by atoms with Crippen LogP contribution >= 0.6 is 11.6 Å². The van der Waals surface area contributed by atoms with Crippen LogP contribution in [-0.4, -0.2) is 12.5 Å². The zero-order chi connectivity index (χ0) is 13.5. The van der Waals surface area contributed by atoms with Crippen LogP contribution in [0.15, 0.2) is 18.2 Å². The average molecular weight is 266 g/mol. The fourth-order valence-corrected chi connectivity index (χ4v) is 1.70. The summed E-state index contributed by atoms with van der Waals surface area (Å²) in [6, 6.07) is 6.80. The second-order valence-corrected chi connectivity index (χ2v) is 4.56. The lowest BCUT2D eigenvalue weighted by molar-refractivity contribution is -0.119. The molecule has 0 aliphatic rings. The number of nitrogens with two attached hydrogens (primary N) is 1. The van der Waals surface area contributed by atoms with E-state index in [1.807, 2.05) is 13.0 Å². The van der Waals surface area contributed by atoms with Gasteiger partial charge in [-0.3, -0.25) is 4.79 Å². The Kier molecular flexibility index (Phi) is 5.63. The number of nitriles is 1. The summed E-state index contributed by atoms with van der Waals surface area (Å²) >= 11 is 5.84. The molecule has 0 spiro atoms. The van der Waals surface area contributed by atoms with Gasteiger partial charge in [0.15, 0.2) is 0 Å². The van der Waals surface area contributed by atoms with Gasteiger partial charge in [-0.25, -0.2) is 0 Å². The Balaban J connectivity index is 2.75. The summed E-state index contributed by atoms with van der Waals surface area (Å²) in [4.78, 5) is 11.9. The average Bonchev–Trinajstić information content (AvgIpc) is 2.36. The van der Waals surface area contributed by atoms with Crippen LogP contribution in [0.4, 0.5) is 5.69 Å². The van der Waals surface area contributed by atoms with E-state index in [0.29, 0.717) is 22.8 Å². The monoisotopic (exact) mass is 265 g/mol. The molecule has 0 saturated heterocycles. The topological polar surface area (TPSA) is 78.9 Å². The first-order chi connectivity index (χ1) is 8.58. The molecule has 0 radical (unpaired) electrons. The smallest absolute Gasteiger partial charge is 0.227 e. The summed E-state index contributed by atoms with van der Waals surface area (Å²) < 4.78 is 0. The van der Waals surface area contributed by atoms with Gasteiger partial charge in [-0.2, -0.15) is 5.26 Å². The zero-order valence-electron chi connectivity index (χ0n) is 10.2. The number of hydrogen-bond acceptors (Lipinski definition) is 3. The van der Waals surface area contributed by atoms with E-state index in [1.54, 1.807) is 18.2 Å². The number of nitrogens with one attached hydrogen (secondary N) is 1. The van der Waals surface area contributed by atoms with Gasteiger partial charge in [-0.05, 0) is 37.6 Å². The summed E-state index contributed by atoms with van der Waals surface area (Å²) in [6.45, 7) is 2.40. The van der Waals surface area contributed by atoms with Crippen molar-refractivity contribution < 1.29 is 4.79 Å². The second-order valence-electron chi connectivity index (χ2n) is 4.12. The van der Waals surface area contributed by atoms with Crippen molar-refractivity contribution in [1.82, 2.24) is 0 Å². The van der Waals surface area contributed by atoms with Crippen molar-refractivity contribution in [1.29, 1.82) is 5.26 Å². The van der Waals surface area contributed by atoms with Gasteiger partial charge in [0.05, 0.1) is 11.3 Å². The molecule has 3 N–H and O–H groups in total. The van der Waals surface area contributed by atoms with Gasteiger partial charge in [-0.1, -0.05) is 18.5 Å². The van der Waals surface area contributed by atoms with Crippen LogP contribution in [-0.2, 0) is 4.79 Å². The van der Waals surface area contributed by atoms with Crippen LogP contribution in [0.25, 0.3) is 0 Å². The molecule has 0 aliphatic heterocycles. The first-order valence-electron chi connectivity index (χ1n) is 5.79. The summed E-state index contributed by atoms with van der Waals surface area (Å²) in [5, 5.41) is 12.2. The summed E-state index contributed by atoms with van der Waals surface area (Å²) in [5.74, 6) is -0.263. The van der Waals surface area contributed by atoms with E-state index >= 15 is 0 Å². The number of halogens is 1. The predicted octanol–water partition coefficient (Wildman–Crippen LogP) is 2.53. The van der Waals surface area contributed by atoms with Gasteiger partial charge < -0.3 is 11.1 Å². The molecule has 1 amide bonds. The van der Waals surface area contributed by atoms with Crippen molar-refractivity contribution in [3.63, 3.8) is 0 Å². The van der Waals surface area contributed by atoms with E-state index < -0.39 is 0 Å². The van der Waals surface area contributed by atoms with Crippen LogP contribution in [0, 0.1) is 17.2 Å². The number of hydrogen-bond donors (Lipinski definition) is 2. The number of nitrogens with zero attached hydrogens (tertiary/aromatic N) is 1. The molecular formula is C13H16ClN3O. The first-order valence-corrected chi connectivity index (χ1v) is 6.17. The molecule has 0 bridgehead atoms. The third kappa shape index (κ3) is 4.02. The van der Waals surface area contributed by atoms with Crippen LogP contribution in [0.2, 0.25) is 5.02 Å². The lowest BCUT2D eigenvalue weighted by Crippen LogP contribution is -2.21. The van der Waals surface area contributed by atoms with Gasteiger partial charge >= 0.3 is 0 Å². The van der Waals surface area contributed by atoms with Crippen LogP contribution in [0.3, 0.4) is 0 Å². The molecule has 1 unspecified atom stereocenters. The highest BCUT2D eigenvalue weighted by Gasteiger charge is 2.14. The highest BCUT2D eigenvalue weighted by Crippen LogP contribution is 2.21. The van der Waals surface area contributed by atoms with Crippen molar-refractivity contribution >= 4 is 23.2 Å². The zero-order valence-corrected chi connectivity index (χ0v) is 11.0. The van der Waals surface area contributed by atoms with E-state index in [0.717, 1.165) is 12.8 Å². The third-order valence-electron chi connectivity index (χ3n) is 2.65. The summed E-state index contributed by atoms with van der Waals surface area (Å²) in [5.41, 5.74) is 6.26. The van der Waals surface area contributed by atoms with Crippen LogP contribution < -0.4 is 11.1 Å². The molecule has 0 heterocycles. The van der Waals surface area contributed by atoms with Crippen molar-refractivity contribution in [3.05, 3.63) is 28.8 Å². The van der Waals surface area contributed by atoms with E-state index in [9.17, 15) is 4.79 Å². The van der Waals surface area contributed by atoms with Crippen molar-refractivity contribution in [2.75, 3.05) is 11.9 Å². The molecule has 96 valence electrons. The Labute approximate surface area is 112 Å². The maximum absolute atomic E-state index is 11.9. The maximum Gasteiger partial charge on any atom is 0.227 e. The van der Waals surface area contributed by atoms with Crippen molar-refractivity contribution in [2.24, 2.45) is 11.7 Å². The fourth-order valence-electron chi connectivity index (χ4n) is 1.53. The number of carbonyl (C=O) groups excluding carboxylic acids is 1. The Morgan fingerprint density at radius 1 is 1.61 bits per heavy atom. The quantitative estimate of drug-likeness (QED) is 0.859. The Hall–Kier alpha value is -1.57. The predicted molar refractivity (Wildman–Crippen MR) is 72.2 cm³/mol. The normalized spacial score (nSPS) is 11.7. The molecule has 18 heavy (non-hydrogen) atoms. The molecule has 1 aromatic rings. The third-order valence-corrected chi connectivity index (χ3v) is 2.88. The number of benzene rings is 1. The molecule has 4 nitrogen and oxygen atoms in total. The highest BCUT2D eigenvalue weighted by molar-refractivity contribution is 6.31. The largest absolute Gasteiger partial charge is 0.330 e. The Bertz CT molecular complexity index is 468. The molecule has 0 aliphatic carbocycles. The molecule has 1 rings (SSSR count). The summed E-state index contributed by atoms with van der Waals surface area (Å²) in [6.07, 6.45) is 1.53. The van der Waals surface area contributed by atoms with Gasteiger partial charge in [0.1, 0.15) is 6.07 Å². The van der Waals surface area contributed by atoms with Gasteiger partial charge in [0.25, 0.3) is 0 Å².